The van der Waals surface area contributed by atoms with Crippen molar-refractivity contribution >= 4 is 5.69 Å². The summed E-state index contributed by atoms with van der Waals surface area (Å²) in [4.78, 5) is 13.0. The molecular formula is C9H10N4O3. The van der Waals surface area contributed by atoms with Crippen molar-refractivity contribution in [2.75, 3.05) is 13.7 Å². The van der Waals surface area contributed by atoms with Gasteiger partial charge in [-0.25, -0.2) is 0 Å². The molecule has 0 aliphatic carbocycles. The molecule has 0 radical (unpaired) electrons. The summed E-state index contributed by atoms with van der Waals surface area (Å²) in [6.07, 6.45) is 0.317. The van der Waals surface area contributed by atoms with E-state index in [4.69, 9.17) is 10.3 Å². The molecule has 0 saturated carbocycles. The summed E-state index contributed by atoms with van der Waals surface area (Å²) in [5.41, 5.74) is 8.55. The van der Waals surface area contributed by atoms with Crippen LogP contribution in [0, 0.1) is 10.1 Å². The van der Waals surface area contributed by atoms with Crippen LogP contribution in [0.15, 0.2) is 23.3 Å². The molecule has 0 aliphatic heterocycles. The molecule has 0 aliphatic rings. The molecule has 0 N–H and O–H groups in total. The zero-order valence-corrected chi connectivity index (χ0v) is 8.66. The van der Waals surface area contributed by atoms with Gasteiger partial charge in [0.15, 0.2) is 5.75 Å². The zero-order valence-electron chi connectivity index (χ0n) is 8.66. The fourth-order valence-electron chi connectivity index (χ4n) is 1.36. The lowest BCUT2D eigenvalue weighted by Gasteiger charge is -2.05. The van der Waals surface area contributed by atoms with Gasteiger partial charge in [-0.15, -0.1) is 0 Å². The molecule has 0 aromatic heterocycles. The van der Waals surface area contributed by atoms with Crippen molar-refractivity contribution in [2.24, 2.45) is 5.11 Å². The quantitative estimate of drug-likeness (QED) is 0.251. The molecule has 0 amide bonds. The van der Waals surface area contributed by atoms with Gasteiger partial charge in [-0.05, 0) is 18.0 Å². The van der Waals surface area contributed by atoms with Crippen molar-refractivity contribution in [3.05, 3.63) is 44.3 Å². The van der Waals surface area contributed by atoms with Gasteiger partial charge in [0.1, 0.15) is 0 Å². The van der Waals surface area contributed by atoms with Gasteiger partial charge in [0, 0.05) is 17.0 Å². The summed E-state index contributed by atoms with van der Waals surface area (Å²) in [7, 11) is 1.37. The number of nitrogens with zero attached hydrogens (tertiary/aromatic N) is 4. The van der Waals surface area contributed by atoms with Crippen molar-refractivity contribution in [3.63, 3.8) is 0 Å². The average Bonchev–Trinajstić information content (AvgIpc) is 2.28. The second-order valence-corrected chi connectivity index (χ2v) is 2.93. The monoisotopic (exact) mass is 222 g/mol. The Morgan fingerprint density at radius 3 is 2.94 bits per heavy atom. The lowest BCUT2D eigenvalue weighted by atomic mass is 10.1. The third-order valence-corrected chi connectivity index (χ3v) is 2.03. The fraction of sp³-hybridized carbons (Fsp3) is 0.333. The number of hydrogen-bond acceptors (Lipinski definition) is 4. The SMILES string of the molecule is COc1cccc(CCN=[N+]=[N-])c1[N+](=O)[O-]. The standard InChI is InChI=1S/C9H10N4O3/c1-16-8-4-2-3-7(5-6-11-12-10)9(8)13(14)15/h2-4H,5-6H2,1H3. The Hall–Kier alpha value is -2.27. The molecule has 0 atom stereocenters. The highest BCUT2D eigenvalue weighted by atomic mass is 16.6. The smallest absolute Gasteiger partial charge is 0.314 e. The summed E-state index contributed by atoms with van der Waals surface area (Å²) >= 11 is 0. The van der Waals surface area contributed by atoms with Crippen LogP contribution in [-0.4, -0.2) is 18.6 Å². The second kappa shape index (κ2) is 5.57. The number of methoxy groups -OCH3 is 1. The lowest BCUT2D eigenvalue weighted by molar-refractivity contribution is -0.386. The number of hydrogen-bond donors (Lipinski definition) is 0. The molecule has 0 fully saturated rings. The van der Waals surface area contributed by atoms with Crippen molar-refractivity contribution in [2.45, 2.75) is 6.42 Å². The predicted octanol–water partition coefficient (Wildman–Crippen LogP) is 2.46. The topological polar surface area (TPSA) is 101 Å². The Morgan fingerprint density at radius 2 is 2.38 bits per heavy atom. The maximum Gasteiger partial charge on any atom is 0.314 e. The van der Waals surface area contributed by atoms with Crippen LogP contribution in [0.3, 0.4) is 0 Å². The van der Waals surface area contributed by atoms with Crippen molar-refractivity contribution < 1.29 is 9.66 Å². The molecule has 0 saturated heterocycles. The molecule has 1 aromatic rings. The maximum absolute atomic E-state index is 10.9. The first-order valence-electron chi connectivity index (χ1n) is 4.51. The van der Waals surface area contributed by atoms with Gasteiger partial charge in [0.05, 0.1) is 12.0 Å². The summed E-state index contributed by atoms with van der Waals surface area (Å²) in [6, 6.07) is 4.81. The van der Waals surface area contributed by atoms with Gasteiger partial charge in [-0.3, -0.25) is 10.1 Å². The van der Waals surface area contributed by atoms with Crippen LogP contribution in [0.5, 0.6) is 5.75 Å². The van der Waals surface area contributed by atoms with Gasteiger partial charge < -0.3 is 4.74 Å². The van der Waals surface area contributed by atoms with Crippen molar-refractivity contribution in [1.82, 2.24) is 0 Å². The largest absolute Gasteiger partial charge is 0.490 e. The maximum atomic E-state index is 10.9. The number of ether oxygens (including phenoxy) is 1. The average molecular weight is 222 g/mol. The Labute approximate surface area is 91.4 Å². The Morgan fingerprint density at radius 1 is 1.62 bits per heavy atom. The van der Waals surface area contributed by atoms with Gasteiger partial charge in [0.25, 0.3) is 0 Å². The van der Waals surface area contributed by atoms with Crippen LogP contribution in [0.25, 0.3) is 10.4 Å². The fourth-order valence-corrected chi connectivity index (χ4v) is 1.36. The summed E-state index contributed by atoms with van der Waals surface area (Å²) < 4.78 is 4.91. The first kappa shape index (κ1) is 11.8. The van der Waals surface area contributed by atoms with E-state index in [2.05, 4.69) is 10.0 Å². The van der Waals surface area contributed by atoms with Crippen LogP contribution < -0.4 is 4.74 Å². The summed E-state index contributed by atoms with van der Waals surface area (Å²) in [5, 5.41) is 14.2. The highest BCUT2D eigenvalue weighted by Gasteiger charge is 2.19. The van der Waals surface area contributed by atoms with Gasteiger partial charge in [-0.1, -0.05) is 17.2 Å². The molecule has 84 valence electrons. The highest BCUT2D eigenvalue weighted by Crippen LogP contribution is 2.30. The minimum atomic E-state index is -0.496. The number of benzene rings is 1. The summed E-state index contributed by atoms with van der Waals surface area (Å²) in [6.45, 7) is 0.185. The predicted molar refractivity (Wildman–Crippen MR) is 57.4 cm³/mol. The van der Waals surface area contributed by atoms with Crippen molar-refractivity contribution in [1.29, 1.82) is 0 Å². The Bertz CT molecular complexity index is 440. The molecule has 16 heavy (non-hydrogen) atoms. The normalized spacial score (nSPS) is 9.31. The molecule has 1 rings (SSSR count). The molecular weight excluding hydrogens is 212 g/mol. The lowest BCUT2D eigenvalue weighted by Crippen LogP contribution is -2.00. The van der Waals surface area contributed by atoms with Crippen LogP contribution in [0.4, 0.5) is 5.69 Å². The minimum absolute atomic E-state index is 0.0712. The van der Waals surface area contributed by atoms with Gasteiger partial charge in [-0.2, -0.15) is 0 Å². The second-order valence-electron chi connectivity index (χ2n) is 2.93. The van der Waals surface area contributed by atoms with E-state index in [0.717, 1.165) is 0 Å². The third kappa shape index (κ3) is 2.61. The Kier molecular flexibility index (Phi) is 4.11. The van der Waals surface area contributed by atoms with Crippen LogP contribution >= 0.6 is 0 Å². The van der Waals surface area contributed by atoms with E-state index in [9.17, 15) is 10.1 Å². The first-order chi connectivity index (χ1) is 7.70. The highest BCUT2D eigenvalue weighted by molar-refractivity contribution is 5.52. The van der Waals surface area contributed by atoms with Gasteiger partial charge >= 0.3 is 5.69 Å². The van der Waals surface area contributed by atoms with E-state index in [1.54, 1.807) is 12.1 Å². The minimum Gasteiger partial charge on any atom is -0.490 e. The first-order valence-corrected chi connectivity index (χ1v) is 4.51. The van der Waals surface area contributed by atoms with Crippen LogP contribution in [-0.2, 0) is 6.42 Å². The molecule has 1 aromatic carbocycles. The zero-order chi connectivity index (χ0) is 12.0. The molecule has 0 spiro atoms. The molecule has 7 nitrogen and oxygen atoms in total. The van der Waals surface area contributed by atoms with Crippen LogP contribution in [0.2, 0.25) is 0 Å². The number of para-hydroxylation sites is 1. The Balaban J connectivity index is 3.06. The number of nitro groups is 1. The number of azide groups is 1. The number of nitro benzene ring substituents is 1. The number of rotatable bonds is 5. The van der Waals surface area contributed by atoms with E-state index in [-0.39, 0.29) is 18.0 Å². The van der Waals surface area contributed by atoms with E-state index in [0.29, 0.717) is 12.0 Å². The molecule has 7 heteroatoms. The van der Waals surface area contributed by atoms with E-state index < -0.39 is 4.92 Å². The molecule has 0 heterocycles. The molecule has 0 unspecified atom stereocenters. The summed E-state index contributed by atoms with van der Waals surface area (Å²) in [5.74, 6) is 0.212. The van der Waals surface area contributed by atoms with E-state index >= 15 is 0 Å². The van der Waals surface area contributed by atoms with E-state index in [1.165, 1.54) is 13.2 Å². The van der Waals surface area contributed by atoms with Gasteiger partial charge in [0.2, 0.25) is 0 Å². The van der Waals surface area contributed by atoms with Crippen molar-refractivity contribution in [3.8, 4) is 5.75 Å². The molecule has 0 bridgehead atoms. The van der Waals surface area contributed by atoms with E-state index in [1.807, 2.05) is 0 Å². The third-order valence-electron chi connectivity index (χ3n) is 2.03. The van der Waals surface area contributed by atoms with Crippen LogP contribution in [0.1, 0.15) is 5.56 Å².